The van der Waals surface area contributed by atoms with Crippen LogP contribution in [0.25, 0.3) is 0 Å². The van der Waals surface area contributed by atoms with E-state index >= 15 is 0 Å². The number of halogens is 4. The molecule has 196 valence electrons. The van der Waals surface area contributed by atoms with Crippen LogP contribution in [0.5, 0.6) is 5.75 Å². The van der Waals surface area contributed by atoms with Crippen molar-refractivity contribution in [2.45, 2.75) is 24.3 Å². The quantitative estimate of drug-likeness (QED) is 0.231. The maximum absolute atomic E-state index is 13.3. The average molecular weight is 589 g/mol. The van der Waals surface area contributed by atoms with Crippen molar-refractivity contribution in [3.8, 4) is 5.75 Å². The second-order valence-electron chi connectivity index (χ2n) is 7.63. The van der Waals surface area contributed by atoms with Gasteiger partial charge in [-0.2, -0.15) is 0 Å². The number of ether oxygens (including phenoxy) is 1. The number of rotatable bonds is 10. The molecule has 8 nitrogen and oxygen atoms in total. The molecule has 2 amide bonds. The van der Waals surface area contributed by atoms with Gasteiger partial charge >= 0.3 is 0 Å². The van der Waals surface area contributed by atoms with E-state index in [2.05, 4.69) is 15.6 Å². The Balaban J connectivity index is 1.40. The van der Waals surface area contributed by atoms with Gasteiger partial charge in [-0.05, 0) is 60.5 Å². The summed E-state index contributed by atoms with van der Waals surface area (Å²) < 4.78 is 45.9. The Kier molecular flexibility index (Phi) is 10.1. The Hall–Kier alpha value is -2.89. The van der Waals surface area contributed by atoms with Crippen LogP contribution in [-0.2, 0) is 21.4 Å². The van der Waals surface area contributed by atoms with Crippen LogP contribution in [0.15, 0.2) is 65.6 Å². The van der Waals surface area contributed by atoms with Crippen molar-refractivity contribution in [3.63, 3.8) is 0 Å². The van der Waals surface area contributed by atoms with E-state index in [1.54, 1.807) is 30.3 Å². The van der Waals surface area contributed by atoms with E-state index in [1.165, 1.54) is 12.1 Å². The summed E-state index contributed by atoms with van der Waals surface area (Å²) in [4.78, 5) is 24.1. The van der Waals surface area contributed by atoms with Gasteiger partial charge in [0.1, 0.15) is 11.6 Å². The van der Waals surface area contributed by atoms with Crippen molar-refractivity contribution in [1.29, 1.82) is 0 Å². The van der Waals surface area contributed by atoms with Gasteiger partial charge in [0, 0.05) is 23.6 Å². The largest absolute Gasteiger partial charge is 0.492 e. The first kappa shape index (κ1) is 28.7. The highest BCUT2D eigenvalue weighted by molar-refractivity contribution is 7.89. The average Bonchev–Trinajstić information content (AvgIpc) is 2.87. The minimum Gasteiger partial charge on any atom is -0.492 e. The van der Waals surface area contributed by atoms with E-state index in [0.29, 0.717) is 27.8 Å². The Morgan fingerprint density at radius 3 is 2.30 bits per heavy atom. The molecule has 3 aromatic carbocycles. The Bertz CT molecular complexity index is 1390. The van der Waals surface area contributed by atoms with Crippen molar-refractivity contribution < 1.29 is 27.1 Å². The van der Waals surface area contributed by atoms with Gasteiger partial charge in [-0.25, -0.2) is 17.5 Å². The van der Waals surface area contributed by atoms with Gasteiger partial charge in [-0.15, -0.1) is 0 Å². The van der Waals surface area contributed by atoms with Crippen molar-refractivity contribution in [3.05, 3.63) is 92.7 Å². The summed E-state index contributed by atoms with van der Waals surface area (Å²) in [6, 6.07) is 14.0. The zero-order chi connectivity index (χ0) is 27.0. The standard InChI is InChI=1S/C24H21Cl3FN3O5S/c25-17-7-10-22(20(27)12-17)36-11-1-2-23(32)30-31-24(33)16-5-3-15(4-6-16)14-29-37(34,35)18-8-9-21(28)19(26)13-18/h3-10,12-13,29H,1-2,11,14H2,(H,30,32)(H,31,33). The second kappa shape index (κ2) is 13.1. The predicted octanol–water partition coefficient (Wildman–Crippen LogP) is 4.88. The smallest absolute Gasteiger partial charge is 0.269 e. The van der Waals surface area contributed by atoms with E-state index < -0.39 is 27.7 Å². The van der Waals surface area contributed by atoms with Crippen molar-refractivity contribution in [2.24, 2.45) is 0 Å². The molecule has 3 N–H and O–H groups in total. The minimum absolute atomic E-state index is 0.0702. The number of benzene rings is 3. The van der Waals surface area contributed by atoms with Crippen LogP contribution in [-0.4, -0.2) is 26.8 Å². The maximum atomic E-state index is 13.3. The molecule has 0 aliphatic rings. The van der Waals surface area contributed by atoms with Gasteiger partial charge in [0.2, 0.25) is 15.9 Å². The van der Waals surface area contributed by atoms with E-state index in [0.717, 1.165) is 18.2 Å². The fourth-order valence-corrected chi connectivity index (χ4v) is 4.70. The Labute approximate surface area is 228 Å². The Morgan fingerprint density at radius 1 is 0.892 bits per heavy atom. The van der Waals surface area contributed by atoms with Crippen LogP contribution in [0.3, 0.4) is 0 Å². The number of hydrazine groups is 1. The van der Waals surface area contributed by atoms with Crippen LogP contribution in [0.2, 0.25) is 15.1 Å². The number of carbonyl (C=O) groups is 2. The molecule has 3 aromatic rings. The van der Waals surface area contributed by atoms with Crippen LogP contribution in [0.1, 0.15) is 28.8 Å². The summed E-state index contributed by atoms with van der Waals surface area (Å²) in [7, 11) is -3.92. The first-order valence-electron chi connectivity index (χ1n) is 10.8. The van der Waals surface area contributed by atoms with Gasteiger partial charge in [0.05, 0.1) is 21.5 Å². The first-order valence-corrected chi connectivity index (χ1v) is 13.4. The monoisotopic (exact) mass is 587 g/mol. The normalized spacial score (nSPS) is 11.1. The summed E-state index contributed by atoms with van der Waals surface area (Å²) in [6.07, 6.45) is 0.485. The van der Waals surface area contributed by atoms with Crippen LogP contribution >= 0.6 is 34.8 Å². The van der Waals surface area contributed by atoms with Crippen molar-refractivity contribution in [2.75, 3.05) is 6.61 Å². The molecule has 0 saturated carbocycles. The summed E-state index contributed by atoms with van der Waals surface area (Å²) in [5.74, 6) is -1.23. The van der Waals surface area contributed by atoms with Crippen LogP contribution < -0.4 is 20.3 Å². The molecule has 0 radical (unpaired) electrons. The molecule has 0 spiro atoms. The van der Waals surface area contributed by atoms with E-state index in [-0.39, 0.29) is 35.1 Å². The summed E-state index contributed by atoms with van der Waals surface area (Å²) in [5.41, 5.74) is 5.44. The molecular weight excluding hydrogens is 568 g/mol. The third-order valence-corrected chi connectivity index (χ3v) is 7.12. The molecule has 0 aromatic heterocycles. The SMILES string of the molecule is O=C(CCCOc1ccc(Cl)cc1Cl)NNC(=O)c1ccc(CNS(=O)(=O)c2ccc(F)c(Cl)c2)cc1. The lowest BCUT2D eigenvalue weighted by Crippen LogP contribution is -2.41. The maximum Gasteiger partial charge on any atom is 0.269 e. The summed E-state index contributed by atoms with van der Waals surface area (Å²) in [6.45, 7) is 0.168. The zero-order valence-corrected chi connectivity index (χ0v) is 22.1. The van der Waals surface area contributed by atoms with E-state index in [4.69, 9.17) is 39.5 Å². The number of hydrogen-bond acceptors (Lipinski definition) is 5. The molecule has 0 bridgehead atoms. The molecule has 0 aliphatic heterocycles. The lowest BCUT2D eigenvalue weighted by atomic mass is 10.1. The van der Waals surface area contributed by atoms with Gasteiger partial charge in [0.15, 0.2) is 0 Å². The fraction of sp³-hybridized carbons (Fsp3) is 0.167. The zero-order valence-electron chi connectivity index (χ0n) is 19.1. The lowest BCUT2D eigenvalue weighted by Gasteiger charge is -2.10. The van der Waals surface area contributed by atoms with Crippen molar-refractivity contribution >= 4 is 56.6 Å². The molecule has 0 fully saturated rings. The van der Waals surface area contributed by atoms with E-state index in [9.17, 15) is 22.4 Å². The Morgan fingerprint density at radius 2 is 1.62 bits per heavy atom. The van der Waals surface area contributed by atoms with Crippen LogP contribution in [0.4, 0.5) is 4.39 Å². The highest BCUT2D eigenvalue weighted by Crippen LogP contribution is 2.27. The summed E-state index contributed by atoms with van der Waals surface area (Å²) >= 11 is 17.5. The molecule has 37 heavy (non-hydrogen) atoms. The lowest BCUT2D eigenvalue weighted by molar-refractivity contribution is -0.122. The summed E-state index contributed by atoms with van der Waals surface area (Å²) in [5, 5.41) is 0.547. The number of amides is 2. The molecule has 0 aliphatic carbocycles. The highest BCUT2D eigenvalue weighted by atomic mass is 35.5. The van der Waals surface area contributed by atoms with Gasteiger partial charge in [-0.3, -0.25) is 20.4 Å². The molecule has 0 atom stereocenters. The molecule has 13 heteroatoms. The van der Waals surface area contributed by atoms with Gasteiger partial charge in [-0.1, -0.05) is 46.9 Å². The molecule has 3 rings (SSSR count). The molecule has 0 heterocycles. The highest BCUT2D eigenvalue weighted by Gasteiger charge is 2.16. The number of hydrogen-bond donors (Lipinski definition) is 3. The van der Waals surface area contributed by atoms with Crippen molar-refractivity contribution in [1.82, 2.24) is 15.6 Å². The predicted molar refractivity (Wildman–Crippen MR) is 139 cm³/mol. The number of nitrogens with one attached hydrogen (secondary N) is 3. The number of carbonyl (C=O) groups excluding carboxylic acids is 2. The first-order chi connectivity index (χ1) is 17.5. The molecular formula is C24H21Cl3FN3O5S. The molecule has 0 saturated heterocycles. The topological polar surface area (TPSA) is 114 Å². The van der Waals surface area contributed by atoms with Crippen LogP contribution in [0, 0.1) is 5.82 Å². The van der Waals surface area contributed by atoms with Gasteiger partial charge in [0.25, 0.3) is 5.91 Å². The molecule has 0 unspecified atom stereocenters. The minimum atomic E-state index is -3.92. The van der Waals surface area contributed by atoms with Gasteiger partial charge < -0.3 is 4.74 Å². The second-order valence-corrected chi connectivity index (χ2v) is 10.6. The number of sulfonamides is 1. The third-order valence-electron chi connectivity index (χ3n) is 4.90. The van der Waals surface area contributed by atoms with E-state index in [1.807, 2.05) is 0 Å². The fourth-order valence-electron chi connectivity index (χ4n) is 2.95. The third kappa shape index (κ3) is 8.58.